The third kappa shape index (κ3) is 4.28. The van der Waals surface area contributed by atoms with E-state index in [0.29, 0.717) is 25.1 Å². The number of fused-ring (bicyclic) bond motifs is 1. The molecule has 36 heavy (non-hydrogen) atoms. The normalized spacial score (nSPS) is 17.5. The molecular formula is C29H34N2O5. The highest BCUT2D eigenvalue weighted by Gasteiger charge is 2.47. The van der Waals surface area contributed by atoms with Gasteiger partial charge in [0.15, 0.2) is 0 Å². The first-order chi connectivity index (χ1) is 17.2. The number of hydrogen-bond acceptors (Lipinski definition) is 5. The number of nitrogens with one attached hydrogen (secondary N) is 1. The van der Waals surface area contributed by atoms with Gasteiger partial charge in [-0.15, -0.1) is 0 Å². The molecule has 1 atom stereocenters. The van der Waals surface area contributed by atoms with Crippen LogP contribution in [0.4, 0.5) is 0 Å². The summed E-state index contributed by atoms with van der Waals surface area (Å²) in [7, 11) is 3.22. The fourth-order valence-electron chi connectivity index (χ4n) is 5.17. The molecule has 1 fully saturated rings. The molecular weight excluding hydrogens is 456 g/mol. The van der Waals surface area contributed by atoms with E-state index < -0.39 is 17.7 Å². The number of aromatic nitrogens is 1. The van der Waals surface area contributed by atoms with Crippen molar-refractivity contribution in [2.24, 2.45) is 0 Å². The molecule has 7 heteroatoms. The second kappa shape index (κ2) is 10.2. The third-order valence-electron chi connectivity index (χ3n) is 6.96. The summed E-state index contributed by atoms with van der Waals surface area (Å²) >= 11 is 0. The molecule has 0 radical (unpaired) electrons. The van der Waals surface area contributed by atoms with E-state index in [4.69, 9.17) is 9.47 Å². The van der Waals surface area contributed by atoms with Crippen LogP contribution in [0.2, 0.25) is 0 Å². The summed E-state index contributed by atoms with van der Waals surface area (Å²) in [5, 5.41) is 12.6. The number of carbonyl (C=O) groups excluding carboxylic acids is 2. The molecule has 0 aliphatic carbocycles. The first-order valence-electron chi connectivity index (χ1n) is 12.2. The standard InChI is InChI=1S/C29H34N2O5/c1-16(2)20-15-21(17(3)14-23(20)36-6)27(32)25-26(31(12-9-13-35-5)29(34)28(25)33)24-18(4)30-22-11-8-7-10-19(22)24/h7-8,10-11,14-16,26,30,32H,9,12-13H2,1-6H3/b27-25+. The van der Waals surface area contributed by atoms with Gasteiger partial charge in [-0.1, -0.05) is 32.0 Å². The van der Waals surface area contributed by atoms with Crippen molar-refractivity contribution >= 4 is 28.4 Å². The Labute approximate surface area is 211 Å². The minimum Gasteiger partial charge on any atom is -0.507 e. The minimum atomic E-state index is -0.720. The number of methoxy groups -OCH3 is 2. The Bertz CT molecular complexity index is 1350. The number of hydrogen-bond donors (Lipinski definition) is 2. The van der Waals surface area contributed by atoms with Crippen molar-refractivity contribution < 1.29 is 24.2 Å². The molecule has 0 spiro atoms. The molecule has 2 heterocycles. The van der Waals surface area contributed by atoms with Crippen LogP contribution in [-0.2, 0) is 14.3 Å². The molecule has 0 bridgehead atoms. The number of nitrogens with zero attached hydrogens (tertiary/aromatic N) is 1. The Balaban J connectivity index is 1.98. The zero-order valence-corrected chi connectivity index (χ0v) is 21.8. The van der Waals surface area contributed by atoms with Gasteiger partial charge < -0.3 is 24.5 Å². The number of Topliss-reactive ketones (excluding diaryl/α,β-unsaturated/α-hetero) is 1. The number of carbonyl (C=O) groups is 2. The maximum absolute atomic E-state index is 13.5. The smallest absolute Gasteiger partial charge is 0.295 e. The lowest BCUT2D eigenvalue weighted by Gasteiger charge is -2.26. The van der Waals surface area contributed by atoms with E-state index in [9.17, 15) is 14.7 Å². The fraction of sp³-hybridized carbons (Fsp3) is 0.379. The van der Waals surface area contributed by atoms with Crippen molar-refractivity contribution in [3.05, 3.63) is 69.9 Å². The highest BCUT2D eigenvalue weighted by molar-refractivity contribution is 6.46. The zero-order chi connectivity index (χ0) is 26.1. The summed E-state index contributed by atoms with van der Waals surface area (Å²) in [4.78, 5) is 31.8. The quantitative estimate of drug-likeness (QED) is 0.192. The van der Waals surface area contributed by atoms with Gasteiger partial charge in [0.1, 0.15) is 11.5 Å². The van der Waals surface area contributed by atoms with Crippen LogP contribution >= 0.6 is 0 Å². The number of benzene rings is 2. The second-order valence-electron chi connectivity index (χ2n) is 9.61. The number of aliphatic hydroxyl groups excluding tert-OH is 1. The summed E-state index contributed by atoms with van der Waals surface area (Å²) in [6, 6.07) is 10.8. The molecule has 1 unspecified atom stereocenters. The highest BCUT2D eigenvalue weighted by atomic mass is 16.5. The summed E-state index contributed by atoms with van der Waals surface area (Å²) in [5.41, 5.74) is 4.88. The topological polar surface area (TPSA) is 91.9 Å². The van der Waals surface area contributed by atoms with E-state index in [0.717, 1.165) is 39.0 Å². The maximum Gasteiger partial charge on any atom is 0.295 e. The molecule has 2 N–H and O–H groups in total. The van der Waals surface area contributed by atoms with Crippen LogP contribution in [0, 0.1) is 13.8 Å². The summed E-state index contributed by atoms with van der Waals surface area (Å²) < 4.78 is 10.8. The molecule has 0 saturated carbocycles. The van der Waals surface area contributed by atoms with Gasteiger partial charge >= 0.3 is 0 Å². The van der Waals surface area contributed by atoms with E-state index in [1.54, 1.807) is 19.1 Å². The summed E-state index contributed by atoms with van der Waals surface area (Å²) in [6.45, 7) is 8.67. The Morgan fingerprint density at radius 1 is 1.14 bits per heavy atom. The number of H-pyrrole nitrogens is 1. The van der Waals surface area contributed by atoms with E-state index in [1.807, 2.05) is 64.1 Å². The molecule has 1 aliphatic rings. The van der Waals surface area contributed by atoms with Gasteiger partial charge in [0.2, 0.25) is 0 Å². The van der Waals surface area contributed by atoms with Crippen molar-refractivity contribution in [1.82, 2.24) is 9.88 Å². The Morgan fingerprint density at radius 3 is 2.53 bits per heavy atom. The van der Waals surface area contributed by atoms with Crippen molar-refractivity contribution in [3.63, 3.8) is 0 Å². The van der Waals surface area contributed by atoms with Gasteiger partial charge in [0, 0.05) is 48.0 Å². The molecule has 1 aliphatic heterocycles. The zero-order valence-electron chi connectivity index (χ0n) is 21.8. The Hall–Kier alpha value is -3.58. The van der Waals surface area contributed by atoms with Gasteiger partial charge in [0.25, 0.3) is 11.7 Å². The minimum absolute atomic E-state index is 0.105. The summed E-state index contributed by atoms with van der Waals surface area (Å²) in [5.74, 6) is -0.601. The number of para-hydroxylation sites is 1. The highest BCUT2D eigenvalue weighted by Crippen LogP contribution is 2.44. The lowest BCUT2D eigenvalue weighted by atomic mass is 9.90. The van der Waals surface area contributed by atoms with Crippen molar-refractivity contribution in [2.75, 3.05) is 27.4 Å². The molecule has 4 rings (SSSR count). The maximum atomic E-state index is 13.5. The molecule has 1 amide bonds. The Morgan fingerprint density at radius 2 is 1.86 bits per heavy atom. The predicted molar refractivity (Wildman–Crippen MR) is 140 cm³/mol. The van der Waals surface area contributed by atoms with Gasteiger partial charge in [-0.3, -0.25) is 9.59 Å². The van der Waals surface area contributed by atoms with Gasteiger partial charge in [0.05, 0.1) is 18.7 Å². The fourth-order valence-corrected chi connectivity index (χ4v) is 5.17. The number of amides is 1. The van der Waals surface area contributed by atoms with Crippen LogP contribution in [0.5, 0.6) is 5.75 Å². The number of likely N-dealkylation sites (tertiary alicyclic amines) is 1. The van der Waals surface area contributed by atoms with E-state index in [-0.39, 0.29) is 17.3 Å². The summed E-state index contributed by atoms with van der Waals surface area (Å²) in [6.07, 6.45) is 0.570. The molecule has 2 aromatic carbocycles. The molecule has 7 nitrogen and oxygen atoms in total. The van der Waals surface area contributed by atoms with E-state index in [2.05, 4.69) is 4.98 Å². The van der Waals surface area contributed by atoms with Crippen LogP contribution in [0.1, 0.15) is 60.2 Å². The van der Waals surface area contributed by atoms with Crippen molar-refractivity contribution in [3.8, 4) is 5.75 Å². The lowest BCUT2D eigenvalue weighted by molar-refractivity contribution is -0.140. The third-order valence-corrected chi connectivity index (χ3v) is 6.96. The van der Waals surface area contributed by atoms with Gasteiger partial charge in [-0.05, 0) is 55.5 Å². The number of ether oxygens (including phenoxy) is 2. The number of aromatic amines is 1. The first-order valence-corrected chi connectivity index (χ1v) is 12.2. The monoisotopic (exact) mass is 490 g/mol. The lowest BCUT2D eigenvalue weighted by Crippen LogP contribution is -2.31. The average Bonchev–Trinajstić information content (AvgIpc) is 3.30. The van der Waals surface area contributed by atoms with E-state index >= 15 is 0 Å². The Kier molecular flexibility index (Phi) is 7.22. The predicted octanol–water partition coefficient (Wildman–Crippen LogP) is 5.37. The van der Waals surface area contributed by atoms with Crippen LogP contribution < -0.4 is 4.74 Å². The molecule has 1 aromatic heterocycles. The van der Waals surface area contributed by atoms with Crippen LogP contribution in [-0.4, -0.2) is 54.1 Å². The largest absolute Gasteiger partial charge is 0.507 e. The average molecular weight is 491 g/mol. The van der Waals surface area contributed by atoms with Gasteiger partial charge in [-0.25, -0.2) is 0 Å². The number of aryl methyl sites for hydroxylation is 2. The van der Waals surface area contributed by atoms with Crippen LogP contribution in [0.25, 0.3) is 16.7 Å². The number of ketones is 1. The first kappa shape index (κ1) is 25.5. The second-order valence-corrected chi connectivity index (χ2v) is 9.61. The number of rotatable bonds is 8. The van der Waals surface area contributed by atoms with Crippen molar-refractivity contribution in [2.45, 2.75) is 46.1 Å². The molecule has 3 aromatic rings. The number of aliphatic hydroxyl groups is 1. The van der Waals surface area contributed by atoms with Gasteiger partial charge in [-0.2, -0.15) is 0 Å². The van der Waals surface area contributed by atoms with Crippen molar-refractivity contribution in [1.29, 1.82) is 0 Å². The SMILES string of the molecule is COCCCN1C(=O)C(=O)/C(=C(/O)c2cc(C(C)C)c(OC)cc2C)C1c1c(C)[nH]c2ccccc12. The van der Waals surface area contributed by atoms with Crippen LogP contribution in [0.3, 0.4) is 0 Å². The molecule has 190 valence electrons. The molecule has 1 saturated heterocycles. The van der Waals surface area contributed by atoms with Crippen LogP contribution in [0.15, 0.2) is 42.0 Å². The van der Waals surface area contributed by atoms with E-state index in [1.165, 1.54) is 0 Å².